The van der Waals surface area contributed by atoms with Crippen LogP contribution in [0.1, 0.15) is 17.3 Å². The highest BCUT2D eigenvalue weighted by molar-refractivity contribution is 7.18. The Balaban J connectivity index is 1.85. The van der Waals surface area contributed by atoms with Crippen LogP contribution in [-0.2, 0) is 10.2 Å². The summed E-state index contributed by atoms with van der Waals surface area (Å²) in [5, 5.41) is 19.1. The second kappa shape index (κ2) is 6.15. The van der Waals surface area contributed by atoms with Crippen LogP contribution in [0.4, 0.5) is 0 Å². The van der Waals surface area contributed by atoms with Crippen LogP contribution >= 0.6 is 11.3 Å². The Labute approximate surface area is 168 Å². The maximum absolute atomic E-state index is 12.7. The standard InChI is InChI=1S/C21H13N5O2S/c22-10-12-15(27)9-21(17(12)23,20-25-14-7-3-4-8-16(14)29-20)19-24-13-6-2-1-5-11(13)18(28)26-19/h1-8,12,23H,9H2,(H,24,26,28)/t12-,21-/m1/s1. The molecule has 0 saturated heterocycles. The highest BCUT2D eigenvalue weighted by atomic mass is 32.1. The van der Waals surface area contributed by atoms with E-state index >= 15 is 0 Å². The number of hydrogen-bond acceptors (Lipinski definition) is 7. The van der Waals surface area contributed by atoms with E-state index in [-0.39, 0.29) is 29.3 Å². The van der Waals surface area contributed by atoms with Crippen LogP contribution in [0.3, 0.4) is 0 Å². The van der Waals surface area contributed by atoms with E-state index in [1.807, 2.05) is 30.3 Å². The molecule has 1 aliphatic carbocycles. The van der Waals surface area contributed by atoms with Crippen molar-refractivity contribution in [1.29, 1.82) is 10.7 Å². The van der Waals surface area contributed by atoms with E-state index in [2.05, 4.69) is 15.0 Å². The van der Waals surface area contributed by atoms with Gasteiger partial charge in [-0.1, -0.05) is 24.3 Å². The maximum atomic E-state index is 12.7. The number of rotatable bonds is 2. The number of nitrogens with one attached hydrogen (secondary N) is 2. The SMILES string of the molecule is N#C[C@H]1C(=N)[C@](c2nc3ccccc3c(=O)[nH]2)(c2nc3ccccc3s2)CC1=O. The summed E-state index contributed by atoms with van der Waals surface area (Å²) in [6.07, 6.45) is -0.134. The van der Waals surface area contributed by atoms with Gasteiger partial charge in [-0.2, -0.15) is 5.26 Å². The van der Waals surface area contributed by atoms with Crippen molar-refractivity contribution in [2.75, 3.05) is 0 Å². The van der Waals surface area contributed by atoms with E-state index in [4.69, 9.17) is 5.41 Å². The number of H-pyrrole nitrogens is 1. The van der Waals surface area contributed by atoms with Crippen LogP contribution in [0.5, 0.6) is 0 Å². The van der Waals surface area contributed by atoms with Crippen molar-refractivity contribution in [3.63, 3.8) is 0 Å². The summed E-state index contributed by atoms with van der Waals surface area (Å²) in [5.41, 5.74) is -0.609. The molecule has 1 aliphatic rings. The Kier molecular flexibility index (Phi) is 3.69. The molecule has 2 aromatic heterocycles. The first-order valence-electron chi connectivity index (χ1n) is 8.91. The molecular weight excluding hydrogens is 386 g/mol. The minimum Gasteiger partial charge on any atom is -0.309 e. The monoisotopic (exact) mass is 399 g/mol. The average Bonchev–Trinajstić information content (AvgIpc) is 3.27. The third-order valence-corrected chi connectivity index (χ3v) is 6.51. The molecule has 4 aromatic rings. The van der Waals surface area contributed by atoms with Crippen molar-refractivity contribution >= 4 is 44.0 Å². The molecule has 0 aliphatic heterocycles. The largest absolute Gasteiger partial charge is 0.309 e. The van der Waals surface area contributed by atoms with Crippen LogP contribution in [-0.4, -0.2) is 26.4 Å². The molecule has 7 nitrogen and oxygen atoms in total. The minimum atomic E-state index is -1.36. The first-order valence-corrected chi connectivity index (χ1v) is 9.73. The summed E-state index contributed by atoms with van der Waals surface area (Å²) < 4.78 is 0.894. The number of Topliss-reactive ketones (excluding diaryl/α,β-unsaturated/α-hetero) is 1. The third kappa shape index (κ3) is 2.38. The average molecular weight is 399 g/mol. The van der Waals surface area contributed by atoms with Crippen molar-refractivity contribution in [2.24, 2.45) is 5.92 Å². The number of nitriles is 1. The molecule has 2 aromatic carbocycles. The van der Waals surface area contributed by atoms with E-state index in [0.717, 1.165) is 10.2 Å². The van der Waals surface area contributed by atoms with Gasteiger partial charge in [-0.05, 0) is 24.3 Å². The Bertz CT molecular complexity index is 1400. The zero-order valence-electron chi connectivity index (χ0n) is 15.0. The highest BCUT2D eigenvalue weighted by Crippen LogP contribution is 2.45. The fourth-order valence-electron chi connectivity index (χ4n) is 3.85. The van der Waals surface area contributed by atoms with Crippen LogP contribution in [0.2, 0.25) is 0 Å². The number of aromatic amines is 1. The summed E-state index contributed by atoms with van der Waals surface area (Å²) in [6, 6.07) is 16.3. The van der Waals surface area contributed by atoms with Gasteiger partial charge < -0.3 is 10.4 Å². The molecule has 8 heteroatoms. The molecule has 0 radical (unpaired) electrons. The minimum absolute atomic E-state index is 0.0949. The number of aromatic nitrogens is 3. The molecule has 0 amide bonds. The molecule has 5 rings (SSSR count). The number of thiazole rings is 1. The number of hydrogen-bond donors (Lipinski definition) is 2. The zero-order chi connectivity index (χ0) is 20.2. The maximum Gasteiger partial charge on any atom is 0.258 e. The number of nitrogens with zero attached hydrogens (tertiary/aromatic N) is 3. The number of para-hydroxylation sites is 2. The molecule has 0 unspecified atom stereocenters. The fraction of sp³-hybridized carbons (Fsp3) is 0.143. The topological polar surface area (TPSA) is 123 Å². The second-order valence-corrected chi connectivity index (χ2v) is 7.97. The van der Waals surface area contributed by atoms with Crippen molar-refractivity contribution in [1.82, 2.24) is 15.0 Å². The number of carbonyl (C=O) groups excluding carboxylic acids is 1. The fourth-order valence-corrected chi connectivity index (χ4v) is 5.02. The van der Waals surface area contributed by atoms with Gasteiger partial charge in [0, 0.05) is 6.42 Å². The molecule has 29 heavy (non-hydrogen) atoms. The first-order chi connectivity index (χ1) is 14.0. The van der Waals surface area contributed by atoms with Gasteiger partial charge in [0.05, 0.1) is 32.9 Å². The predicted molar refractivity (Wildman–Crippen MR) is 109 cm³/mol. The van der Waals surface area contributed by atoms with Crippen molar-refractivity contribution in [2.45, 2.75) is 11.8 Å². The highest BCUT2D eigenvalue weighted by Gasteiger charge is 2.56. The number of fused-ring (bicyclic) bond motifs is 2. The lowest BCUT2D eigenvalue weighted by Gasteiger charge is -2.25. The van der Waals surface area contributed by atoms with Gasteiger partial charge in [0.2, 0.25) is 0 Å². The molecular formula is C21H13N5O2S. The quantitative estimate of drug-likeness (QED) is 0.536. The molecule has 2 heterocycles. The lowest BCUT2D eigenvalue weighted by Crippen LogP contribution is -2.37. The first kappa shape index (κ1) is 17.4. The summed E-state index contributed by atoms with van der Waals surface area (Å²) in [5.74, 6) is -1.37. The van der Waals surface area contributed by atoms with Crippen molar-refractivity contribution < 1.29 is 4.79 Å². The van der Waals surface area contributed by atoms with E-state index in [1.54, 1.807) is 24.3 Å². The van der Waals surface area contributed by atoms with Crippen LogP contribution < -0.4 is 5.56 Å². The Morgan fingerprint density at radius 3 is 2.55 bits per heavy atom. The van der Waals surface area contributed by atoms with E-state index in [1.165, 1.54) is 11.3 Å². The van der Waals surface area contributed by atoms with Gasteiger partial charge >= 0.3 is 0 Å². The van der Waals surface area contributed by atoms with E-state index < -0.39 is 11.3 Å². The van der Waals surface area contributed by atoms with Crippen molar-refractivity contribution in [3.8, 4) is 6.07 Å². The smallest absolute Gasteiger partial charge is 0.258 e. The van der Waals surface area contributed by atoms with Gasteiger partial charge in [0.25, 0.3) is 5.56 Å². The van der Waals surface area contributed by atoms with Crippen LogP contribution in [0, 0.1) is 22.7 Å². The van der Waals surface area contributed by atoms with Gasteiger partial charge in [-0.3, -0.25) is 9.59 Å². The number of benzene rings is 2. The van der Waals surface area contributed by atoms with Gasteiger partial charge in [-0.25, -0.2) is 9.97 Å². The summed E-state index contributed by atoms with van der Waals surface area (Å²) in [7, 11) is 0. The molecule has 140 valence electrons. The summed E-state index contributed by atoms with van der Waals surface area (Å²) >= 11 is 1.34. The number of ketones is 1. The lowest BCUT2D eigenvalue weighted by atomic mass is 9.82. The van der Waals surface area contributed by atoms with E-state index in [9.17, 15) is 14.9 Å². The van der Waals surface area contributed by atoms with E-state index in [0.29, 0.717) is 15.9 Å². The zero-order valence-corrected chi connectivity index (χ0v) is 15.8. The molecule has 0 bridgehead atoms. The van der Waals surface area contributed by atoms with Gasteiger partial charge in [0.1, 0.15) is 22.2 Å². The normalized spacial score (nSPS) is 21.7. The number of carbonyl (C=O) groups is 1. The predicted octanol–water partition coefficient (Wildman–Crippen LogP) is 2.95. The third-order valence-electron chi connectivity index (χ3n) is 5.32. The Hall–Kier alpha value is -3.70. The summed E-state index contributed by atoms with van der Waals surface area (Å²) in [4.78, 5) is 37.4. The van der Waals surface area contributed by atoms with Crippen LogP contribution in [0.15, 0.2) is 53.3 Å². The Morgan fingerprint density at radius 2 is 1.83 bits per heavy atom. The molecule has 1 saturated carbocycles. The molecule has 2 atom stereocenters. The summed E-state index contributed by atoms with van der Waals surface area (Å²) in [6.45, 7) is 0. The van der Waals surface area contributed by atoms with Crippen molar-refractivity contribution in [3.05, 3.63) is 69.7 Å². The molecule has 1 fully saturated rings. The van der Waals surface area contributed by atoms with Gasteiger partial charge in [0.15, 0.2) is 5.78 Å². The lowest BCUT2D eigenvalue weighted by molar-refractivity contribution is -0.119. The van der Waals surface area contributed by atoms with Gasteiger partial charge in [-0.15, -0.1) is 11.3 Å². The Morgan fingerprint density at radius 1 is 1.10 bits per heavy atom. The second-order valence-electron chi connectivity index (χ2n) is 6.94. The molecule has 0 spiro atoms. The van der Waals surface area contributed by atoms with Crippen LogP contribution in [0.25, 0.3) is 21.1 Å². The molecule has 2 N–H and O–H groups in total.